The van der Waals surface area contributed by atoms with Gasteiger partial charge in [-0.1, -0.05) is 15.9 Å². The van der Waals surface area contributed by atoms with E-state index >= 15 is 0 Å². The SMILES string of the molecule is CC1(C)CC(NC(=O)c2cc(Br)ccc2-n2cnnn2)CCO1. The zero-order valence-corrected chi connectivity index (χ0v) is 14.6. The third-order valence-electron chi connectivity index (χ3n) is 3.83. The molecular formula is C15H18BrN5O2. The van der Waals surface area contributed by atoms with E-state index in [0.29, 0.717) is 17.9 Å². The summed E-state index contributed by atoms with van der Waals surface area (Å²) in [5.74, 6) is -0.139. The van der Waals surface area contributed by atoms with Crippen LogP contribution in [-0.4, -0.2) is 44.4 Å². The molecular weight excluding hydrogens is 362 g/mol. The highest BCUT2D eigenvalue weighted by Crippen LogP contribution is 2.25. The molecule has 0 spiro atoms. The first-order chi connectivity index (χ1) is 10.9. The summed E-state index contributed by atoms with van der Waals surface area (Å²) in [6.07, 6.45) is 3.06. The predicted molar refractivity (Wildman–Crippen MR) is 87.4 cm³/mol. The molecule has 1 unspecified atom stereocenters. The highest BCUT2D eigenvalue weighted by molar-refractivity contribution is 9.10. The zero-order chi connectivity index (χ0) is 16.4. The number of halogens is 1. The fourth-order valence-electron chi connectivity index (χ4n) is 2.78. The Bertz CT molecular complexity index is 702. The summed E-state index contributed by atoms with van der Waals surface area (Å²) >= 11 is 3.41. The largest absolute Gasteiger partial charge is 0.375 e. The molecule has 1 amide bonds. The highest BCUT2D eigenvalue weighted by Gasteiger charge is 2.30. The molecule has 1 atom stereocenters. The van der Waals surface area contributed by atoms with E-state index < -0.39 is 0 Å². The predicted octanol–water partition coefficient (Wildman–Crippen LogP) is 2.11. The van der Waals surface area contributed by atoms with Crippen LogP contribution >= 0.6 is 15.9 Å². The van der Waals surface area contributed by atoms with Gasteiger partial charge in [0.2, 0.25) is 0 Å². The van der Waals surface area contributed by atoms with Crippen molar-refractivity contribution in [3.8, 4) is 5.69 Å². The number of carbonyl (C=O) groups is 1. The van der Waals surface area contributed by atoms with Gasteiger partial charge in [0.15, 0.2) is 0 Å². The number of tetrazole rings is 1. The van der Waals surface area contributed by atoms with Crippen LogP contribution in [0.2, 0.25) is 0 Å². The molecule has 7 nitrogen and oxygen atoms in total. The summed E-state index contributed by atoms with van der Waals surface area (Å²) in [5, 5.41) is 14.2. The number of aromatic nitrogens is 4. The Labute approximate surface area is 142 Å². The smallest absolute Gasteiger partial charge is 0.253 e. The first kappa shape index (κ1) is 16.1. The van der Waals surface area contributed by atoms with Crippen LogP contribution in [-0.2, 0) is 4.74 Å². The molecule has 1 aliphatic rings. The molecule has 23 heavy (non-hydrogen) atoms. The summed E-state index contributed by atoms with van der Waals surface area (Å²) in [4.78, 5) is 12.7. The topological polar surface area (TPSA) is 81.9 Å². The van der Waals surface area contributed by atoms with E-state index in [-0.39, 0.29) is 17.6 Å². The molecule has 1 aliphatic heterocycles. The summed E-state index contributed by atoms with van der Waals surface area (Å²) < 4.78 is 8.00. The number of carbonyl (C=O) groups excluding carboxylic acids is 1. The van der Waals surface area contributed by atoms with E-state index in [2.05, 4.69) is 36.8 Å². The molecule has 1 saturated heterocycles. The molecule has 3 rings (SSSR count). The maximum atomic E-state index is 12.7. The van der Waals surface area contributed by atoms with Crippen LogP contribution in [0.1, 0.15) is 37.0 Å². The van der Waals surface area contributed by atoms with Crippen LogP contribution in [0, 0.1) is 0 Å². The average molecular weight is 380 g/mol. The Balaban J connectivity index is 1.83. The Hall–Kier alpha value is -1.80. The molecule has 1 fully saturated rings. The minimum absolute atomic E-state index is 0.0898. The van der Waals surface area contributed by atoms with Gasteiger partial charge in [-0.15, -0.1) is 5.10 Å². The van der Waals surface area contributed by atoms with Crippen molar-refractivity contribution in [2.24, 2.45) is 0 Å². The Morgan fingerprint density at radius 2 is 2.30 bits per heavy atom. The zero-order valence-electron chi connectivity index (χ0n) is 13.0. The maximum absolute atomic E-state index is 12.7. The Morgan fingerprint density at radius 3 is 3.00 bits per heavy atom. The van der Waals surface area contributed by atoms with Crippen molar-refractivity contribution >= 4 is 21.8 Å². The lowest BCUT2D eigenvalue weighted by Gasteiger charge is -2.35. The monoisotopic (exact) mass is 379 g/mol. The van der Waals surface area contributed by atoms with E-state index in [9.17, 15) is 4.79 Å². The van der Waals surface area contributed by atoms with Gasteiger partial charge in [-0.2, -0.15) is 4.68 Å². The fourth-order valence-corrected chi connectivity index (χ4v) is 3.14. The number of rotatable bonds is 3. The molecule has 0 saturated carbocycles. The van der Waals surface area contributed by atoms with Crippen LogP contribution in [0.4, 0.5) is 0 Å². The van der Waals surface area contributed by atoms with Gasteiger partial charge in [-0.05, 0) is 55.3 Å². The molecule has 1 N–H and O–H groups in total. The van der Waals surface area contributed by atoms with Gasteiger partial charge in [-0.3, -0.25) is 4.79 Å². The Kier molecular flexibility index (Phi) is 4.45. The first-order valence-electron chi connectivity index (χ1n) is 7.42. The van der Waals surface area contributed by atoms with E-state index in [1.165, 1.54) is 11.0 Å². The molecule has 8 heteroatoms. The third-order valence-corrected chi connectivity index (χ3v) is 4.32. The van der Waals surface area contributed by atoms with Gasteiger partial charge >= 0.3 is 0 Å². The molecule has 2 aromatic rings. The van der Waals surface area contributed by atoms with Crippen molar-refractivity contribution in [2.45, 2.75) is 38.3 Å². The van der Waals surface area contributed by atoms with E-state index in [0.717, 1.165) is 17.3 Å². The van der Waals surface area contributed by atoms with Gasteiger partial charge in [0.25, 0.3) is 5.91 Å². The number of hydrogen-bond acceptors (Lipinski definition) is 5. The molecule has 1 aromatic carbocycles. The molecule has 0 radical (unpaired) electrons. The summed E-state index contributed by atoms with van der Waals surface area (Å²) in [6, 6.07) is 5.53. The second kappa shape index (κ2) is 6.37. The third kappa shape index (κ3) is 3.76. The van der Waals surface area contributed by atoms with E-state index in [1.807, 2.05) is 26.0 Å². The van der Waals surface area contributed by atoms with Crippen molar-refractivity contribution in [3.63, 3.8) is 0 Å². The molecule has 2 heterocycles. The van der Waals surface area contributed by atoms with Gasteiger partial charge in [0, 0.05) is 17.1 Å². The standard InChI is InChI=1S/C15H18BrN5O2/c1-15(2)8-11(5-6-23-15)18-14(22)12-7-10(16)3-4-13(12)21-9-17-19-20-21/h3-4,7,9,11H,5-6,8H2,1-2H3,(H,18,22). The number of nitrogens with one attached hydrogen (secondary N) is 1. The van der Waals surface area contributed by atoms with E-state index in [4.69, 9.17) is 4.74 Å². The number of amides is 1. The van der Waals surface area contributed by atoms with E-state index in [1.54, 1.807) is 6.07 Å². The lowest BCUT2D eigenvalue weighted by Crippen LogP contribution is -2.46. The molecule has 0 aliphatic carbocycles. The number of hydrogen-bond donors (Lipinski definition) is 1. The minimum Gasteiger partial charge on any atom is -0.375 e. The molecule has 0 bridgehead atoms. The summed E-state index contributed by atoms with van der Waals surface area (Å²) in [6.45, 7) is 4.73. The average Bonchev–Trinajstić information content (AvgIpc) is 3.00. The maximum Gasteiger partial charge on any atom is 0.253 e. The quantitative estimate of drug-likeness (QED) is 0.882. The summed E-state index contributed by atoms with van der Waals surface area (Å²) in [5.41, 5.74) is 0.949. The lowest BCUT2D eigenvalue weighted by atomic mass is 9.93. The van der Waals surface area contributed by atoms with Gasteiger partial charge < -0.3 is 10.1 Å². The van der Waals surface area contributed by atoms with Crippen molar-refractivity contribution in [1.29, 1.82) is 0 Å². The Morgan fingerprint density at radius 1 is 1.48 bits per heavy atom. The van der Waals surface area contributed by atoms with Crippen molar-refractivity contribution < 1.29 is 9.53 Å². The molecule has 122 valence electrons. The van der Waals surface area contributed by atoms with Crippen LogP contribution in [0.5, 0.6) is 0 Å². The number of benzene rings is 1. The molecule has 1 aromatic heterocycles. The van der Waals surface area contributed by atoms with Gasteiger partial charge in [0.05, 0.1) is 16.9 Å². The van der Waals surface area contributed by atoms with Crippen LogP contribution in [0.3, 0.4) is 0 Å². The minimum atomic E-state index is -0.216. The van der Waals surface area contributed by atoms with Crippen LogP contribution in [0.15, 0.2) is 29.0 Å². The second-order valence-corrected chi connectivity index (χ2v) is 7.10. The second-order valence-electron chi connectivity index (χ2n) is 6.19. The number of nitrogens with zero attached hydrogens (tertiary/aromatic N) is 4. The van der Waals surface area contributed by atoms with Crippen molar-refractivity contribution in [1.82, 2.24) is 25.5 Å². The summed E-state index contributed by atoms with van der Waals surface area (Å²) in [7, 11) is 0. The number of ether oxygens (including phenoxy) is 1. The fraction of sp³-hybridized carbons (Fsp3) is 0.467. The first-order valence-corrected chi connectivity index (χ1v) is 8.22. The van der Waals surface area contributed by atoms with Gasteiger partial charge in [-0.25, -0.2) is 0 Å². The normalized spacial score (nSPS) is 20.2. The van der Waals surface area contributed by atoms with Crippen molar-refractivity contribution in [3.05, 3.63) is 34.6 Å². The van der Waals surface area contributed by atoms with Gasteiger partial charge in [0.1, 0.15) is 6.33 Å². The lowest BCUT2D eigenvalue weighted by molar-refractivity contribution is -0.0615. The van der Waals surface area contributed by atoms with Crippen molar-refractivity contribution in [2.75, 3.05) is 6.61 Å². The van der Waals surface area contributed by atoms with Crippen LogP contribution in [0.25, 0.3) is 5.69 Å². The highest BCUT2D eigenvalue weighted by atomic mass is 79.9. The van der Waals surface area contributed by atoms with Crippen LogP contribution < -0.4 is 5.32 Å².